The van der Waals surface area contributed by atoms with Crippen LogP contribution in [0.5, 0.6) is 0 Å². The van der Waals surface area contributed by atoms with Gasteiger partial charge in [0.25, 0.3) is 5.91 Å². The first-order valence-corrected chi connectivity index (χ1v) is 8.80. The Morgan fingerprint density at radius 3 is 2.48 bits per heavy atom. The van der Waals surface area contributed by atoms with E-state index in [1.54, 1.807) is 6.92 Å². The molecule has 0 fully saturated rings. The molecule has 0 bridgehead atoms. The Morgan fingerprint density at radius 1 is 1.12 bits per heavy atom. The number of benzene rings is 2. The van der Waals surface area contributed by atoms with E-state index < -0.39 is 23.7 Å². The molecule has 0 saturated carbocycles. The fourth-order valence-corrected chi connectivity index (χ4v) is 3.38. The summed E-state index contributed by atoms with van der Waals surface area (Å²) in [4.78, 5) is 12.6. The minimum atomic E-state index is -1.41. The van der Waals surface area contributed by atoms with Crippen molar-refractivity contribution in [3.63, 3.8) is 0 Å². The fourth-order valence-electron chi connectivity index (χ4n) is 3.38. The van der Waals surface area contributed by atoms with E-state index in [4.69, 9.17) is 0 Å². The highest BCUT2D eigenvalue weighted by atomic mass is 16.3. The van der Waals surface area contributed by atoms with Gasteiger partial charge in [0.05, 0.1) is 12.1 Å². The Hall–Kier alpha value is -2.17. The molecule has 1 aliphatic carbocycles. The average molecular weight is 339 g/mol. The van der Waals surface area contributed by atoms with E-state index in [0.717, 1.165) is 11.1 Å². The summed E-state index contributed by atoms with van der Waals surface area (Å²) in [5, 5.41) is 24.0. The van der Waals surface area contributed by atoms with Crippen LogP contribution in [-0.4, -0.2) is 33.9 Å². The lowest BCUT2D eigenvalue weighted by molar-refractivity contribution is -0.142. The molecule has 0 spiro atoms. The predicted octanol–water partition coefficient (Wildman–Crippen LogP) is 2.01. The molecule has 0 aliphatic heterocycles. The van der Waals surface area contributed by atoms with Crippen LogP contribution in [0.25, 0.3) is 0 Å². The standard InChI is InChI=1S/C21H25NO3/c1-15(19(23)13-16-7-3-2-4-8-16)22-20(24)21(25)12-11-17-9-5-6-10-18(17)14-21/h2-10,15,19,23,25H,11-14H2,1H3,(H,22,24). The average Bonchev–Trinajstić information content (AvgIpc) is 2.62. The highest BCUT2D eigenvalue weighted by molar-refractivity contribution is 5.86. The van der Waals surface area contributed by atoms with E-state index in [-0.39, 0.29) is 0 Å². The zero-order valence-electron chi connectivity index (χ0n) is 14.5. The number of amides is 1. The third kappa shape index (κ3) is 4.09. The molecule has 0 saturated heterocycles. The van der Waals surface area contributed by atoms with Crippen molar-refractivity contribution < 1.29 is 15.0 Å². The van der Waals surface area contributed by atoms with Crippen LogP contribution in [0.4, 0.5) is 0 Å². The second-order valence-corrected chi connectivity index (χ2v) is 7.00. The van der Waals surface area contributed by atoms with Gasteiger partial charge in [-0.05, 0) is 36.5 Å². The highest BCUT2D eigenvalue weighted by Gasteiger charge is 2.40. The van der Waals surface area contributed by atoms with Crippen molar-refractivity contribution in [3.8, 4) is 0 Å². The third-order valence-corrected chi connectivity index (χ3v) is 5.06. The van der Waals surface area contributed by atoms with Crippen molar-refractivity contribution in [2.75, 3.05) is 0 Å². The molecule has 3 unspecified atom stereocenters. The molecule has 1 amide bonds. The number of carbonyl (C=O) groups is 1. The third-order valence-electron chi connectivity index (χ3n) is 5.06. The number of fused-ring (bicyclic) bond motifs is 1. The summed E-state index contributed by atoms with van der Waals surface area (Å²) in [5.74, 6) is -0.401. The van der Waals surface area contributed by atoms with Gasteiger partial charge >= 0.3 is 0 Å². The van der Waals surface area contributed by atoms with Crippen LogP contribution in [0.3, 0.4) is 0 Å². The summed E-state index contributed by atoms with van der Waals surface area (Å²) in [5.41, 5.74) is 1.82. The molecular weight excluding hydrogens is 314 g/mol. The quantitative estimate of drug-likeness (QED) is 0.780. The first kappa shape index (κ1) is 17.6. The lowest BCUT2D eigenvalue weighted by Crippen LogP contribution is -2.55. The maximum atomic E-state index is 12.6. The first-order chi connectivity index (χ1) is 12.0. The molecule has 0 radical (unpaired) electrons. The summed E-state index contributed by atoms with van der Waals surface area (Å²) in [6, 6.07) is 17.1. The van der Waals surface area contributed by atoms with Crippen LogP contribution in [0.2, 0.25) is 0 Å². The number of aryl methyl sites for hydroxylation is 1. The number of hydrogen-bond donors (Lipinski definition) is 3. The molecule has 132 valence electrons. The molecule has 2 aromatic rings. The molecule has 0 aromatic heterocycles. The van der Waals surface area contributed by atoms with Crippen LogP contribution in [0.15, 0.2) is 54.6 Å². The van der Waals surface area contributed by atoms with Gasteiger partial charge in [0.15, 0.2) is 0 Å². The number of rotatable bonds is 5. The number of aliphatic hydroxyl groups is 2. The zero-order valence-corrected chi connectivity index (χ0v) is 14.5. The molecule has 2 aromatic carbocycles. The Bertz CT molecular complexity index is 731. The van der Waals surface area contributed by atoms with E-state index in [9.17, 15) is 15.0 Å². The van der Waals surface area contributed by atoms with Gasteiger partial charge in [-0.1, -0.05) is 54.6 Å². The summed E-state index contributed by atoms with van der Waals surface area (Å²) < 4.78 is 0. The van der Waals surface area contributed by atoms with Gasteiger partial charge in [-0.15, -0.1) is 0 Å². The van der Waals surface area contributed by atoms with Gasteiger partial charge in [0.1, 0.15) is 5.60 Å². The second kappa shape index (κ2) is 7.38. The lowest BCUT2D eigenvalue weighted by atomic mass is 9.80. The Morgan fingerprint density at radius 2 is 1.76 bits per heavy atom. The topological polar surface area (TPSA) is 69.6 Å². The van der Waals surface area contributed by atoms with Crippen LogP contribution in [0, 0.1) is 0 Å². The molecule has 3 atom stereocenters. The summed E-state index contributed by atoms with van der Waals surface area (Å²) >= 11 is 0. The number of carbonyl (C=O) groups excluding carboxylic acids is 1. The molecule has 3 N–H and O–H groups in total. The summed E-state index contributed by atoms with van der Waals surface area (Å²) in [7, 11) is 0. The molecule has 4 heteroatoms. The Balaban J connectivity index is 1.61. The van der Waals surface area contributed by atoms with Crippen molar-refractivity contribution in [2.45, 2.75) is 50.4 Å². The normalized spacial score (nSPS) is 21.9. The second-order valence-electron chi connectivity index (χ2n) is 7.00. The van der Waals surface area contributed by atoms with Crippen LogP contribution in [-0.2, 0) is 24.1 Å². The molecule has 0 heterocycles. The van der Waals surface area contributed by atoms with Crippen molar-refractivity contribution in [3.05, 3.63) is 71.3 Å². The van der Waals surface area contributed by atoms with Crippen LogP contribution >= 0.6 is 0 Å². The van der Waals surface area contributed by atoms with Gasteiger partial charge in [-0.25, -0.2) is 0 Å². The minimum absolute atomic E-state index is 0.316. The monoisotopic (exact) mass is 339 g/mol. The molecular formula is C21H25NO3. The van der Waals surface area contributed by atoms with E-state index in [1.807, 2.05) is 54.6 Å². The Kier molecular flexibility index (Phi) is 5.21. The van der Waals surface area contributed by atoms with E-state index in [1.165, 1.54) is 5.56 Å². The highest BCUT2D eigenvalue weighted by Crippen LogP contribution is 2.29. The predicted molar refractivity (Wildman–Crippen MR) is 97.2 cm³/mol. The van der Waals surface area contributed by atoms with Crippen molar-refractivity contribution in [2.24, 2.45) is 0 Å². The summed E-state index contributed by atoms with van der Waals surface area (Å²) in [6.07, 6.45) is 1.16. The van der Waals surface area contributed by atoms with Crippen molar-refractivity contribution in [1.29, 1.82) is 0 Å². The van der Waals surface area contributed by atoms with E-state index >= 15 is 0 Å². The summed E-state index contributed by atoms with van der Waals surface area (Å²) in [6.45, 7) is 1.77. The van der Waals surface area contributed by atoms with Gasteiger partial charge < -0.3 is 15.5 Å². The van der Waals surface area contributed by atoms with Gasteiger partial charge in [0.2, 0.25) is 0 Å². The Labute approximate surface area is 148 Å². The molecule has 1 aliphatic rings. The van der Waals surface area contributed by atoms with Gasteiger partial charge in [0, 0.05) is 12.8 Å². The van der Waals surface area contributed by atoms with Gasteiger partial charge in [-0.3, -0.25) is 4.79 Å². The van der Waals surface area contributed by atoms with Crippen molar-refractivity contribution >= 4 is 5.91 Å². The van der Waals surface area contributed by atoms with Crippen molar-refractivity contribution in [1.82, 2.24) is 5.32 Å². The molecule has 3 rings (SSSR count). The van der Waals surface area contributed by atoms with Crippen LogP contribution in [0.1, 0.15) is 30.0 Å². The smallest absolute Gasteiger partial charge is 0.252 e. The minimum Gasteiger partial charge on any atom is -0.391 e. The SMILES string of the molecule is CC(NC(=O)C1(O)CCc2ccccc2C1)C(O)Cc1ccccc1. The molecule has 25 heavy (non-hydrogen) atoms. The van der Waals surface area contributed by atoms with E-state index in [0.29, 0.717) is 25.7 Å². The lowest BCUT2D eigenvalue weighted by Gasteiger charge is -2.34. The maximum absolute atomic E-state index is 12.6. The number of hydrogen-bond acceptors (Lipinski definition) is 3. The number of aliphatic hydroxyl groups excluding tert-OH is 1. The largest absolute Gasteiger partial charge is 0.391 e. The van der Waals surface area contributed by atoms with Gasteiger partial charge in [-0.2, -0.15) is 0 Å². The zero-order chi connectivity index (χ0) is 17.9. The number of nitrogens with one attached hydrogen (secondary N) is 1. The fraction of sp³-hybridized carbons (Fsp3) is 0.381. The first-order valence-electron chi connectivity index (χ1n) is 8.80. The maximum Gasteiger partial charge on any atom is 0.252 e. The molecule has 4 nitrogen and oxygen atoms in total. The van der Waals surface area contributed by atoms with E-state index in [2.05, 4.69) is 5.32 Å². The van der Waals surface area contributed by atoms with Crippen LogP contribution < -0.4 is 5.32 Å².